The molecule has 13 heteroatoms. The number of nitrogens with zero attached hydrogens (tertiary/aromatic N) is 6. The predicted octanol–water partition coefficient (Wildman–Crippen LogP) is 2.46. The maximum atomic E-state index is 14.5. The van der Waals surface area contributed by atoms with E-state index in [1.807, 2.05) is 24.3 Å². The first-order valence-corrected chi connectivity index (χ1v) is 13.3. The van der Waals surface area contributed by atoms with Gasteiger partial charge in [0.2, 0.25) is 11.8 Å². The molecule has 0 radical (unpaired) electrons. The van der Waals surface area contributed by atoms with E-state index in [1.54, 1.807) is 36.7 Å². The lowest BCUT2D eigenvalue weighted by Gasteiger charge is -2.23. The second-order valence-corrected chi connectivity index (χ2v) is 10.5. The highest BCUT2D eigenvalue weighted by Gasteiger charge is 2.40. The second kappa shape index (κ2) is 10.4. The van der Waals surface area contributed by atoms with Gasteiger partial charge in [-0.25, -0.2) is 9.37 Å². The third kappa shape index (κ3) is 4.86. The van der Waals surface area contributed by atoms with Crippen molar-refractivity contribution in [1.82, 2.24) is 35.2 Å². The first-order chi connectivity index (χ1) is 19.4. The first kappa shape index (κ1) is 25.5. The Morgan fingerprint density at radius 3 is 2.73 bits per heavy atom. The van der Waals surface area contributed by atoms with Gasteiger partial charge in [0, 0.05) is 17.4 Å². The maximum Gasteiger partial charge on any atom is 0.269 e. The number of benzene rings is 2. The fraction of sp³-hybridized carbons (Fsp3) is 0.222. The number of fused-ring (bicyclic) bond motifs is 2. The molecule has 1 aliphatic heterocycles. The van der Waals surface area contributed by atoms with Gasteiger partial charge < -0.3 is 16.0 Å². The Hall–Kier alpha value is -4.78. The van der Waals surface area contributed by atoms with E-state index in [4.69, 9.17) is 5.73 Å². The molecule has 11 nitrogen and oxygen atoms in total. The van der Waals surface area contributed by atoms with Crippen molar-refractivity contribution in [3.63, 3.8) is 0 Å². The minimum atomic E-state index is -1.34. The van der Waals surface area contributed by atoms with Crippen LogP contribution in [0.4, 0.5) is 4.39 Å². The minimum Gasteiger partial charge on any atom is -0.364 e. The summed E-state index contributed by atoms with van der Waals surface area (Å²) in [6.45, 7) is -0.331. The van der Waals surface area contributed by atoms with Crippen molar-refractivity contribution in [2.75, 3.05) is 6.54 Å². The Kier molecular flexibility index (Phi) is 6.64. The van der Waals surface area contributed by atoms with Crippen LogP contribution in [-0.4, -0.2) is 66.3 Å². The Labute approximate surface area is 230 Å². The molecule has 5 aromatic rings. The number of para-hydroxylation sites is 1. The van der Waals surface area contributed by atoms with E-state index >= 15 is 0 Å². The molecule has 4 heterocycles. The van der Waals surface area contributed by atoms with Crippen LogP contribution in [0.15, 0.2) is 60.9 Å². The Morgan fingerprint density at radius 1 is 1.10 bits per heavy atom. The Bertz CT molecular complexity index is 1720. The fourth-order valence-corrected chi connectivity index (χ4v) is 5.83. The maximum absolute atomic E-state index is 14.5. The normalized spacial score (nSPS) is 17.0. The molecule has 0 bridgehead atoms. The third-order valence-electron chi connectivity index (χ3n) is 6.81. The SMILES string of the molecule is NC(=O)c1nn(CC(=O)N2CC(F)CC2C(=O)NCc2nc3ccccc3s2)c2ccc(-c3ccnnc3)cc12. The number of aromatic nitrogens is 5. The van der Waals surface area contributed by atoms with Crippen LogP contribution in [0, 0.1) is 0 Å². The molecule has 0 aliphatic carbocycles. The smallest absolute Gasteiger partial charge is 0.269 e. The van der Waals surface area contributed by atoms with Gasteiger partial charge in [-0.05, 0) is 35.9 Å². The summed E-state index contributed by atoms with van der Waals surface area (Å²) in [7, 11) is 0. The lowest BCUT2D eigenvalue weighted by atomic mass is 10.0. The van der Waals surface area contributed by atoms with Crippen LogP contribution in [0.3, 0.4) is 0 Å². The van der Waals surface area contributed by atoms with Crippen molar-refractivity contribution in [2.24, 2.45) is 5.73 Å². The summed E-state index contributed by atoms with van der Waals surface area (Å²) in [5, 5.41) is 15.9. The average Bonchev–Trinajstić information content (AvgIpc) is 3.66. The zero-order chi connectivity index (χ0) is 27.8. The van der Waals surface area contributed by atoms with Crippen molar-refractivity contribution < 1.29 is 18.8 Å². The quantitative estimate of drug-likeness (QED) is 0.312. The van der Waals surface area contributed by atoms with Crippen LogP contribution in [0.5, 0.6) is 0 Å². The molecule has 0 saturated carbocycles. The van der Waals surface area contributed by atoms with Crippen molar-refractivity contribution in [1.29, 1.82) is 0 Å². The van der Waals surface area contributed by atoms with Crippen molar-refractivity contribution in [3.8, 4) is 11.1 Å². The number of primary amides is 1. The Morgan fingerprint density at radius 2 is 1.95 bits per heavy atom. The second-order valence-electron chi connectivity index (χ2n) is 9.42. The number of alkyl halides is 1. The lowest BCUT2D eigenvalue weighted by molar-refractivity contribution is -0.139. The highest BCUT2D eigenvalue weighted by atomic mass is 32.1. The van der Waals surface area contributed by atoms with Crippen LogP contribution >= 0.6 is 11.3 Å². The fourth-order valence-electron chi connectivity index (χ4n) is 4.93. The number of hydrogen-bond acceptors (Lipinski definition) is 8. The summed E-state index contributed by atoms with van der Waals surface area (Å²) in [6.07, 6.45) is 1.69. The molecule has 202 valence electrons. The van der Waals surface area contributed by atoms with Gasteiger partial charge in [-0.1, -0.05) is 18.2 Å². The van der Waals surface area contributed by atoms with Gasteiger partial charge in [0.15, 0.2) is 5.69 Å². The van der Waals surface area contributed by atoms with Gasteiger partial charge in [-0.15, -0.1) is 11.3 Å². The largest absolute Gasteiger partial charge is 0.364 e. The summed E-state index contributed by atoms with van der Waals surface area (Å²) < 4.78 is 16.8. The molecule has 2 atom stereocenters. The summed E-state index contributed by atoms with van der Waals surface area (Å²) in [5.41, 5.74) is 8.47. The molecule has 1 saturated heterocycles. The van der Waals surface area contributed by atoms with Gasteiger partial charge in [-0.2, -0.15) is 15.3 Å². The number of hydrogen-bond donors (Lipinski definition) is 2. The van der Waals surface area contributed by atoms with Crippen LogP contribution in [-0.2, 0) is 22.7 Å². The van der Waals surface area contributed by atoms with Gasteiger partial charge in [0.05, 0.1) is 41.2 Å². The van der Waals surface area contributed by atoms with E-state index < -0.39 is 29.9 Å². The predicted molar refractivity (Wildman–Crippen MR) is 146 cm³/mol. The topological polar surface area (TPSA) is 149 Å². The van der Waals surface area contributed by atoms with Gasteiger partial charge >= 0.3 is 0 Å². The first-order valence-electron chi connectivity index (χ1n) is 12.5. The molecule has 6 rings (SSSR count). The molecule has 1 aliphatic rings. The molecule has 2 unspecified atom stereocenters. The van der Waals surface area contributed by atoms with E-state index in [9.17, 15) is 18.8 Å². The molecule has 2 aromatic carbocycles. The number of carbonyl (C=O) groups is 3. The van der Waals surface area contributed by atoms with E-state index in [1.165, 1.54) is 20.9 Å². The van der Waals surface area contributed by atoms with E-state index in [0.29, 0.717) is 15.9 Å². The Balaban J connectivity index is 1.21. The molecule has 0 spiro atoms. The molecule has 3 N–H and O–H groups in total. The average molecular weight is 559 g/mol. The zero-order valence-corrected chi connectivity index (χ0v) is 21.8. The number of nitrogens with two attached hydrogens (primary N) is 1. The summed E-state index contributed by atoms with van der Waals surface area (Å²) >= 11 is 1.46. The summed E-state index contributed by atoms with van der Waals surface area (Å²) in [6, 6.07) is 13.7. The van der Waals surface area contributed by atoms with Crippen molar-refractivity contribution >= 4 is 50.2 Å². The third-order valence-corrected chi connectivity index (χ3v) is 7.85. The van der Waals surface area contributed by atoms with Crippen LogP contribution in [0.25, 0.3) is 32.2 Å². The molecule has 1 fully saturated rings. The van der Waals surface area contributed by atoms with Gasteiger partial charge in [0.25, 0.3) is 5.91 Å². The van der Waals surface area contributed by atoms with Crippen LogP contribution < -0.4 is 11.1 Å². The molecule has 3 aromatic heterocycles. The summed E-state index contributed by atoms with van der Waals surface area (Å²) in [4.78, 5) is 44.3. The number of nitrogens with one attached hydrogen (secondary N) is 1. The minimum absolute atomic E-state index is 0.00147. The van der Waals surface area contributed by atoms with Crippen LogP contribution in [0.2, 0.25) is 0 Å². The zero-order valence-electron chi connectivity index (χ0n) is 21.0. The van der Waals surface area contributed by atoms with Crippen LogP contribution in [0.1, 0.15) is 21.9 Å². The molecular weight excluding hydrogens is 535 g/mol. The number of rotatable bonds is 7. The number of amides is 3. The van der Waals surface area contributed by atoms with Crippen molar-refractivity contribution in [2.45, 2.75) is 31.7 Å². The molecule has 3 amide bonds. The monoisotopic (exact) mass is 558 g/mol. The standard InChI is InChI=1S/C27H23FN8O3S/c28-17-10-21(27(39)30-12-23-33-19-3-1-2-4-22(19)40-23)35(13-17)24(37)14-36-20-6-5-15(16-7-8-31-32-11-16)9-18(20)25(34-36)26(29)38/h1-9,11,17,21H,10,12-14H2,(H2,29,38)(H,30,39). The van der Waals surface area contributed by atoms with E-state index in [-0.39, 0.29) is 31.7 Å². The van der Waals surface area contributed by atoms with Gasteiger partial charge in [-0.3, -0.25) is 19.1 Å². The molecule has 40 heavy (non-hydrogen) atoms. The number of carbonyl (C=O) groups excluding carboxylic acids is 3. The lowest BCUT2D eigenvalue weighted by Crippen LogP contribution is -2.46. The molecular formula is C27H23FN8O3S. The van der Waals surface area contributed by atoms with Crippen molar-refractivity contribution in [3.05, 3.63) is 71.6 Å². The van der Waals surface area contributed by atoms with Gasteiger partial charge in [0.1, 0.15) is 23.8 Å². The van der Waals surface area contributed by atoms with E-state index in [2.05, 4.69) is 25.6 Å². The number of halogens is 1. The summed E-state index contributed by atoms with van der Waals surface area (Å²) in [5.74, 6) is -1.70. The highest BCUT2D eigenvalue weighted by Crippen LogP contribution is 2.27. The van der Waals surface area contributed by atoms with E-state index in [0.717, 1.165) is 21.3 Å². The number of thiazole rings is 1. The highest BCUT2D eigenvalue weighted by molar-refractivity contribution is 7.18. The number of likely N-dealkylation sites (tertiary alicyclic amines) is 1.